The second-order valence-corrected chi connectivity index (χ2v) is 8.69. The summed E-state index contributed by atoms with van der Waals surface area (Å²) < 4.78 is 9.05. The van der Waals surface area contributed by atoms with E-state index in [2.05, 4.69) is 42.9 Å². The molecule has 1 aliphatic rings. The van der Waals surface area contributed by atoms with Crippen LogP contribution in [0.5, 0.6) is 0 Å². The molecule has 8 heteroatoms. The quantitative estimate of drug-likeness (QED) is 0.398. The number of aromatic nitrogens is 3. The zero-order valence-corrected chi connectivity index (χ0v) is 18.8. The molecule has 0 bridgehead atoms. The van der Waals surface area contributed by atoms with Crippen LogP contribution < -0.4 is 4.48 Å². The maximum absolute atomic E-state index is 13.3. The molecule has 1 saturated heterocycles. The third-order valence-corrected chi connectivity index (χ3v) is 6.54. The van der Waals surface area contributed by atoms with Crippen molar-refractivity contribution in [1.82, 2.24) is 14.8 Å². The van der Waals surface area contributed by atoms with Crippen LogP contribution >= 0.6 is 27.5 Å². The van der Waals surface area contributed by atoms with Gasteiger partial charge in [-0.25, -0.2) is 0 Å². The fourth-order valence-corrected chi connectivity index (χ4v) is 4.43. The van der Waals surface area contributed by atoms with Gasteiger partial charge < -0.3 is 0 Å². The first kappa shape index (κ1) is 19.1. The molecule has 2 aromatic heterocycles. The van der Waals surface area contributed by atoms with Crippen LogP contribution in [0.3, 0.4) is 0 Å². The van der Waals surface area contributed by atoms with Crippen molar-refractivity contribution in [3.05, 3.63) is 50.7 Å². The summed E-state index contributed by atoms with van der Waals surface area (Å²) in [7, 11) is 0. The predicted molar refractivity (Wildman–Crippen MR) is 109 cm³/mol. The Bertz CT molecular complexity index is 1050. The summed E-state index contributed by atoms with van der Waals surface area (Å²) >= 11 is 12.2. The number of carbonyl (C=O) groups is 1. The van der Waals surface area contributed by atoms with Crippen LogP contribution in [0.1, 0.15) is 47.1 Å². The summed E-state index contributed by atoms with van der Waals surface area (Å²) in [5, 5.41) is 5.85. The second-order valence-electron chi connectivity index (χ2n) is 6.54. The monoisotopic (exact) mass is 507 g/mol. The number of pyridine rings is 1. The standard InChI is InChI=1S/C19H16AsBrClN3O2/c1-10-14(21)8-12(19(20)23-10)18(26)11-5-6-15(22)17-13(11)9-25(24-17)16-4-2-3-7-27-16/h5-6,8-9,16H,2-4,7H2,1H3. The Morgan fingerprint density at radius 1 is 1.37 bits per heavy atom. The van der Waals surface area contributed by atoms with E-state index >= 15 is 0 Å². The first-order valence-electron chi connectivity index (χ1n) is 8.65. The average Bonchev–Trinajstić information content (AvgIpc) is 3.11. The molecule has 1 aromatic carbocycles. The summed E-state index contributed by atoms with van der Waals surface area (Å²) in [5.74, 6) is -0.107. The molecule has 1 fully saturated rings. The summed E-state index contributed by atoms with van der Waals surface area (Å²) in [4.78, 5) is 17.7. The number of carbonyl (C=O) groups excluding carboxylic acids is 1. The van der Waals surface area contributed by atoms with E-state index in [0.717, 1.165) is 41.4 Å². The molecule has 0 spiro atoms. The van der Waals surface area contributed by atoms with Gasteiger partial charge in [0, 0.05) is 0 Å². The Labute approximate surface area is 179 Å². The number of ether oxygens (including phenoxy) is 1. The Balaban J connectivity index is 1.82. The zero-order chi connectivity index (χ0) is 19.1. The van der Waals surface area contributed by atoms with Crippen molar-refractivity contribution in [2.45, 2.75) is 32.4 Å². The van der Waals surface area contributed by atoms with Crippen LogP contribution in [0.15, 0.2) is 28.9 Å². The number of ketones is 1. The Morgan fingerprint density at radius 3 is 2.93 bits per heavy atom. The number of aryl methyl sites for hydroxylation is 1. The number of rotatable bonds is 3. The van der Waals surface area contributed by atoms with Crippen LogP contribution in [0.4, 0.5) is 0 Å². The van der Waals surface area contributed by atoms with Crippen LogP contribution in [0.2, 0.25) is 5.02 Å². The van der Waals surface area contributed by atoms with Crippen LogP contribution in [0.25, 0.3) is 10.9 Å². The molecule has 3 aromatic rings. The van der Waals surface area contributed by atoms with Gasteiger partial charge in [-0.2, -0.15) is 0 Å². The Kier molecular flexibility index (Phi) is 5.43. The molecule has 0 aliphatic carbocycles. The average molecular weight is 509 g/mol. The molecule has 0 amide bonds. The topological polar surface area (TPSA) is 57.0 Å². The molecule has 0 N–H and O–H groups in total. The first-order valence-corrected chi connectivity index (χ1v) is 10.8. The minimum atomic E-state index is -0.112. The third kappa shape index (κ3) is 3.60. The van der Waals surface area contributed by atoms with E-state index in [1.54, 1.807) is 16.8 Å². The molecule has 4 rings (SSSR count). The molecule has 1 aliphatic heterocycles. The van der Waals surface area contributed by atoms with E-state index in [0.29, 0.717) is 26.1 Å². The predicted octanol–water partition coefficient (Wildman–Crippen LogP) is 3.88. The van der Waals surface area contributed by atoms with Gasteiger partial charge in [0.1, 0.15) is 0 Å². The van der Waals surface area contributed by atoms with Gasteiger partial charge in [-0.3, -0.25) is 0 Å². The molecular weight excluding hydrogens is 493 g/mol. The third-order valence-electron chi connectivity index (χ3n) is 4.72. The van der Waals surface area contributed by atoms with Gasteiger partial charge in [-0.15, -0.1) is 0 Å². The molecule has 1 atom stereocenters. The van der Waals surface area contributed by atoms with Crippen LogP contribution in [-0.2, 0) is 4.74 Å². The van der Waals surface area contributed by atoms with Gasteiger partial charge in [-0.1, -0.05) is 0 Å². The number of hydrogen-bond acceptors (Lipinski definition) is 4. The van der Waals surface area contributed by atoms with Crippen molar-refractivity contribution in [1.29, 1.82) is 0 Å². The van der Waals surface area contributed by atoms with E-state index < -0.39 is 0 Å². The van der Waals surface area contributed by atoms with Gasteiger partial charge in [-0.05, 0) is 0 Å². The number of benzene rings is 1. The molecule has 138 valence electrons. The van der Waals surface area contributed by atoms with Crippen LogP contribution in [0, 0.1) is 6.92 Å². The second kappa shape index (κ2) is 7.67. The number of nitrogens with zero attached hydrogens (tertiary/aromatic N) is 3. The molecule has 1 unspecified atom stereocenters. The summed E-state index contributed by atoms with van der Waals surface area (Å²) in [6.07, 6.45) is 4.82. The number of halogens is 2. The zero-order valence-electron chi connectivity index (χ0n) is 14.6. The van der Waals surface area contributed by atoms with Gasteiger partial charge in [0.2, 0.25) is 0 Å². The van der Waals surface area contributed by atoms with E-state index in [1.807, 2.05) is 19.2 Å². The fourth-order valence-electron chi connectivity index (χ4n) is 3.25. The van der Waals surface area contributed by atoms with Gasteiger partial charge in [0.15, 0.2) is 0 Å². The summed E-state index contributed by atoms with van der Waals surface area (Å²) in [5.41, 5.74) is 2.55. The Hall–Kier alpha value is -1.20. The summed E-state index contributed by atoms with van der Waals surface area (Å²) in [6, 6.07) is 5.28. The van der Waals surface area contributed by atoms with Crippen molar-refractivity contribution in [3.8, 4) is 0 Å². The van der Waals surface area contributed by atoms with Crippen molar-refractivity contribution >= 4 is 65.6 Å². The van der Waals surface area contributed by atoms with Crippen molar-refractivity contribution in [2.75, 3.05) is 6.61 Å². The van der Waals surface area contributed by atoms with Crippen LogP contribution in [-0.4, -0.2) is 44.0 Å². The van der Waals surface area contributed by atoms with Crippen molar-refractivity contribution in [3.63, 3.8) is 0 Å². The normalized spacial score (nSPS) is 17.4. The SMILES string of the molecule is Cc1nc([As])c(C(=O)c2ccc(Cl)c3nn(C4CCCCO4)cc23)cc1Br. The van der Waals surface area contributed by atoms with E-state index in [4.69, 9.17) is 16.3 Å². The van der Waals surface area contributed by atoms with E-state index in [1.165, 1.54) is 0 Å². The number of hydrogen-bond donors (Lipinski definition) is 0. The van der Waals surface area contributed by atoms with Gasteiger partial charge in [0.05, 0.1) is 0 Å². The molecule has 0 saturated carbocycles. The van der Waals surface area contributed by atoms with Crippen molar-refractivity contribution < 1.29 is 9.53 Å². The van der Waals surface area contributed by atoms with Gasteiger partial charge in [0.25, 0.3) is 0 Å². The number of fused-ring (bicyclic) bond motifs is 1. The van der Waals surface area contributed by atoms with E-state index in [9.17, 15) is 4.79 Å². The van der Waals surface area contributed by atoms with Crippen molar-refractivity contribution in [2.24, 2.45) is 0 Å². The summed E-state index contributed by atoms with van der Waals surface area (Å²) in [6.45, 7) is 2.62. The molecule has 2 radical (unpaired) electrons. The molecular formula is C19H16AsBrClN3O2. The fraction of sp³-hybridized carbons (Fsp3) is 0.316. The molecule has 5 nitrogen and oxygen atoms in total. The van der Waals surface area contributed by atoms with Gasteiger partial charge >= 0.3 is 180 Å². The minimum absolute atomic E-state index is 0.107. The maximum atomic E-state index is 13.3. The van der Waals surface area contributed by atoms with E-state index in [-0.39, 0.29) is 12.0 Å². The first-order chi connectivity index (χ1) is 13.0. The molecule has 27 heavy (non-hydrogen) atoms. The Morgan fingerprint density at radius 2 is 2.19 bits per heavy atom. The molecule has 3 heterocycles.